The first kappa shape index (κ1) is 13.6. The van der Waals surface area contributed by atoms with Gasteiger partial charge < -0.3 is 19.3 Å². The van der Waals surface area contributed by atoms with Crippen molar-refractivity contribution in [3.8, 4) is 0 Å². The van der Waals surface area contributed by atoms with E-state index in [0.717, 1.165) is 25.2 Å². The van der Waals surface area contributed by atoms with Crippen LogP contribution in [0.25, 0.3) is 0 Å². The second-order valence-corrected chi connectivity index (χ2v) is 2.76. The lowest BCUT2D eigenvalue weighted by molar-refractivity contribution is -0.358. The van der Waals surface area contributed by atoms with E-state index >= 15 is 0 Å². The van der Waals surface area contributed by atoms with E-state index < -0.39 is 12.1 Å². The Hall–Kier alpha value is -1.42. The number of rotatable bonds is 9. The highest BCUT2D eigenvalue weighted by molar-refractivity contribution is 4.77. The molecule has 0 aromatic carbocycles. The molecule has 0 aliphatic rings. The summed E-state index contributed by atoms with van der Waals surface area (Å²) in [6, 6.07) is 0. The molecule has 0 bridgehead atoms. The zero-order chi connectivity index (χ0) is 11.7. The highest BCUT2D eigenvalue weighted by Gasteiger charge is 2.43. The summed E-state index contributed by atoms with van der Waals surface area (Å²) in [6.07, 6.45) is 3.64. The molecule has 0 fully saturated rings. The Morgan fingerprint density at radius 2 is 1.53 bits per heavy atom. The molecule has 1 atom stereocenters. The molecule has 15 heavy (non-hydrogen) atoms. The van der Waals surface area contributed by atoms with E-state index in [2.05, 4.69) is 19.7 Å². The molecular weight excluding hydrogens is 196 g/mol. The smallest absolute Gasteiger partial charge is 0.427 e. The number of ether oxygens (including phenoxy) is 3. The number of hydrogen-bond acceptors (Lipinski definition) is 4. The largest absolute Gasteiger partial charge is 0.443 e. The fourth-order valence-corrected chi connectivity index (χ4v) is 1.12. The van der Waals surface area contributed by atoms with Crippen LogP contribution in [0.2, 0.25) is 0 Å². The van der Waals surface area contributed by atoms with Gasteiger partial charge in [-0.3, -0.25) is 0 Å². The first-order valence-electron chi connectivity index (χ1n) is 4.71. The molecule has 0 aliphatic carbocycles. The lowest BCUT2D eigenvalue weighted by Gasteiger charge is -2.33. The summed E-state index contributed by atoms with van der Waals surface area (Å²) in [4.78, 5) is 0. The van der Waals surface area contributed by atoms with Crippen LogP contribution in [0, 0.1) is 0 Å². The standard InChI is InChI=1S/C11H18O4/c1-5-9-10(12)11(13-6-2,14-7-3)15-8-4/h6-8,10,12H,2-5,9H2,1H3. The summed E-state index contributed by atoms with van der Waals surface area (Å²) in [6.45, 7) is 12.1. The second kappa shape index (κ2) is 6.95. The molecule has 4 heteroatoms. The Labute approximate surface area is 90.5 Å². The van der Waals surface area contributed by atoms with Gasteiger partial charge in [0, 0.05) is 0 Å². The van der Waals surface area contributed by atoms with Gasteiger partial charge in [-0.05, 0) is 6.42 Å². The van der Waals surface area contributed by atoms with Gasteiger partial charge in [-0.1, -0.05) is 33.1 Å². The SMILES string of the molecule is C=COC(OC=C)(OC=C)C(O)CCC. The zero-order valence-corrected chi connectivity index (χ0v) is 9.02. The predicted molar refractivity (Wildman–Crippen MR) is 57.5 cm³/mol. The predicted octanol–water partition coefficient (Wildman–Crippen LogP) is 2.28. The van der Waals surface area contributed by atoms with Crippen molar-refractivity contribution in [2.45, 2.75) is 31.8 Å². The Kier molecular flexibility index (Phi) is 6.29. The Morgan fingerprint density at radius 1 is 1.13 bits per heavy atom. The minimum absolute atomic E-state index is 0.454. The summed E-state index contributed by atoms with van der Waals surface area (Å²) in [5, 5.41) is 9.83. The van der Waals surface area contributed by atoms with Crippen LogP contribution in [0.15, 0.2) is 38.5 Å². The van der Waals surface area contributed by atoms with Gasteiger partial charge in [0.25, 0.3) is 0 Å². The third-order valence-electron chi connectivity index (χ3n) is 1.71. The third kappa shape index (κ3) is 3.67. The maximum Gasteiger partial charge on any atom is 0.443 e. The lowest BCUT2D eigenvalue weighted by Crippen LogP contribution is -2.46. The Morgan fingerprint density at radius 3 is 1.80 bits per heavy atom. The average molecular weight is 214 g/mol. The second-order valence-electron chi connectivity index (χ2n) is 2.76. The van der Waals surface area contributed by atoms with Crippen LogP contribution in [0.3, 0.4) is 0 Å². The van der Waals surface area contributed by atoms with E-state index in [4.69, 9.17) is 14.2 Å². The van der Waals surface area contributed by atoms with E-state index in [9.17, 15) is 5.11 Å². The molecule has 1 N–H and O–H groups in total. The fraction of sp³-hybridized carbons (Fsp3) is 0.455. The molecule has 0 spiro atoms. The zero-order valence-electron chi connectivity index (χ0n) is 9.02. The molecular formula is C11H18O4. The number of aliphatic hydroxyl groups is 1. The van der Waals surface area contributed by atoms with Crippen LogP contribution in [0.5, 0.6) is 0 Å². The van der Waals surface area contributed by atoms with Crippen molar-refractivity contribution < 1.29 is 19.3 Å². The molecule has 0 radical (unpaired) electrons. The van der Waals surface area contributed by atoms with Crippen molar-refractivity contribution in [3.05, 3.63) is 38.5 Å². The van der Waals surface area contributed by atoms with Crippen molar-refractivity contribution in [2.24, 2.45) is 0 Å². The van der Waals surface area contributed by atoms with Crippen LogP contribution in [0.1, 0.15) is 19.8 Å². The van der Waals surface area contributed by atoms with Crippen LogP contribution in [-0.4, -0.2) is 17.2 Å². The monoisotopic (exact) mass is 214 g/mol. The fourth-order valence-electron chi connectivity index (χ4n) is 1.12. The number of aliphatic hydroxyl groups excluding tert-OH is 1. The molecule has 0 aliphatic heterocycles. The minimum Gasteiger partial charge on any atom is -0.427 e. The van der Waals surface area contributed by atoms with E-state index in [0.29, 0.717) is 6.42 Å². The van der Waals surface area contributed by atoms with Crippen molar-refractivity contribution in [1.29, 1.82) is 0 Å². The summed E-state index contributed by atoms with van der Waals surface area (Å²) >= 11 is 0. The average Bonchev–Trinajstić information content (AvgIpc) is 2.19. The van der Waals surface area contributed by atoms with Crippen molar-refractivity contribution in [1.82, 2.24) is 0 Å². The van der Waals surface area contributed by atoms with E-state index in [-0.39, 0.29) is 0 Å². The van der Waals surface area contributed by atoms with Gasteiger partial charge in [0.1, 0.15) is 0 Å². The van der Waals surface area contributed by atoms with Gasteiger partial charge in [0.15, 0.2) is 6.10 Å². The first-order chi connectivity index (χ1) is 7.16. The maximum atomic E-state index is 9.83. The van der Waals surface area contributed by atoms with Crippen molar-refractivity contribution in [2.75, 3.05) is 0 Å². The van der Waals surface area contributed by atoms with Crippen LogP contribution < -0.4 is 0 Å². The molecule has 0 rings (SSSR count). The quantitative estimate of drug-likeness (QED) is 0.472. The molecule has 1 unspecified atom stereocenters. The van der Waals surface area contributed by atoms with Crippen LogP contribution in [-0.2, 0) is 14.2 Å². The maximum absolute atomic E-state index is 9.83. The van der Waals surface area contributed by atoms with Gasteiger partial charge in [-0.15, -0.1) is 0 Å². The highest BCUT2D eigenvalue weighted by atomic mass is 16.9. The molecule has 0 aromatic heterocycles. The van der Waals surface area contributed by atoms with Gasteiger partial charge in [-0.25, -0.2) is 0 Å². The molecule has 86 valence electrons. The molecule has 0 saturated carbocycles. The van der Waals surface area contributed by atoms with Crippen LogP contribution >= 0.6 is 0 Å². The summed E-state index contributed by atoms with van der Waals surface area (Å²) in [5.74, 6) is -1.64. The van der Waals surface area contributed by atoms with Crippen molar-refractivity contribution >= 4 is 0 Å². The Balaban J connectivity index is 4.79. The highest BCUT2D eigenvalue weighted by Crippen LogP contribution is 2.24. The topological polar surface area (TPSA) is 47.9 Å². The van der Waals surface area contributed by atoms with Gasteiger partial charge >= 0.3 is 5.97 Å². The summed E-state index contributed by atoms with van der Waals surface area (Å²) < 4.78 is 15.2. The first-order valence-corrected chi connectivity index (χ1v) is 4.71. The van der Waals surface area contributed by atoms with Crippen molar-refractivity contribution in [3.63, 3.8) is 0 Å². The minimum atomic E-state index is -1.64. The van der Waals surface area contributed by atoms with Gasteiger partial charge in [-0.2, -0.15) is 0 Å². The summed E-state index contributed by atoms with van der Waals surface area (Å²) in [5.41, 5.74) is 0. The van der Waals surface area contributed by atoms with E-state index in [1.807, 2.05) is 6.92 Å². The molecule has 0 heterocycles. The van der Waals surface area contributed by atoms with E-state index in [1.54, 1.807) is 0 Å². The molecule has 4 nitrogen and oxygen atoms in total. The normalized spacial score (nSPS) is 12.4. The molecule has 0 aromatic rings. The lowest BCUT2D eigenvalue weighted by atomic mass is 10.2. The molecule has 0 saturated heterocycles. The Bertz CT molecular complexity index is 186. The van der Waals surface area contributed by atoms with Gasteiger partial charge in [0.2, 0.25) is 0 Å². The van der Waals surface area contributed by atoms with E-state index in [1.165, 1.54) is 0 Å². The molecule has 0 amide bonds. The van der Waals surface area contributed by atoms with Crippen LogP contribution in [0.4, 0.5) is 0 Å². The third-order valence-corrected chi connectivity index (χ3v) is 1.71. The number of hydrogen-bond donors (Lipinski definition) is 1. The van der Waals surface area contributed by atoms with Gasteiger partial charge in [0.05, 0.1) is 18.8 Å². The summed E-state index contributed by atoms with van der Waals surface area (Å²) in [7, 11) is 0.